The van der Waals surface area contributed by atoms with Crippen LogP contribution in [0.3, 0.4) is 0 Å². The molecule has 27 heteroatoms. The Morgan fingerprint density at radius 1 is 0.385 bits per heavy atom. The van der Waals surface area contributed by atoms with Gasteiger partial charge in [-0.3, -0.25) is 0 Å². The first-order valence-electron chi connectivity index (χ1n) is 31.0. The van der Waals surface area contributed by atoms with Gasteiger partial charge in [0.25, 0.3) is 0 Å². The summed E-state index contributed by atoms with van der Waals surface area (Å²) < 4.78 is 58.5. The van der Waals surface area contributed by atoms with Crippen LogP contribution in [0.4, 0.5) is 31.0 Å². The number of benzene rings is 3. The largest absolute Gasteiger partial charge is 0.481 e. The summed E-state index contributed by atoms with van der Waals surface area (Å²) in [5.41, 5.74) is 50.4. The minimum Gasteiger partial charge on any atom is -0.481 e. The maximum absolute atomic E-state index is 14.3. The van der Waals surface area contributed by atoms with Crippen molar-refractivity contribution in [1.82, 2.24) is 44.9 Å². The molecule has 498 valence electrons. The van der Waals surface area contributed by atoms with E-state index in [9.17, 15) is 13.2 Å². The number of aromatic nitrogens is 9. The summed E-state index contributed by atoms with van der Waals surface area (Å²) in [6.07, 6.45) is 3.49. The summed E-state index contributed by atoms with van der Waals surface area (Å²) in [4.78, 5) is 56.0. The highest BCUT2D eigenvalue weighted by Crippen LogP contribution is 2.42. The Morgan fingerprint density at radius 3 is 0.927 bits per heavy atom. The highest BCUT2D eigenvalue weighted by atomic mass is 19.1. The van der Waals surface area contributed by atoms with E-state index in [1.807, 2.05) is 57.2 Å². The van der Waals surface area contributed by atoms with E-state index in [2.05, 4.69) is 60.3 Å². The number of hydrogen-bond donors (Lipinski definition) is 6. The number of aryl methyl sites for hydroxylation is 3. The van der Waals surface area contributed by atoms with Crippen LogP contribution in [-0.2, 0) is 33.8 Å². The molecule has 0 spiro atoms. The SMILES string of the molecule is COc1cccc(-c2cc(F)ccc2C2C/C(=N\OCCN)c3c(C)nc(N)nc3C2)n1.COc1cccc(-c2cc(F)ccc2[C@@H]2C/C(=N\OCCN)c3c(C)nc(N)nc3C2)n1.COc1cccc(-c2cc(F)ccc2[C@H]2C/C(=N\OCCN)c3c(C)nc(N)nc3C2)n1. The van der Waals surface area contributed by atoms with E-state index in [-0.39, 0.29) is 53.1 Å². The van der Waals surface area contributed by atoms with Crippen molar-refractivity contribution in [2.75, 3.05) is 78.0 Å². The Kier molecular flexibility index (Phi) is 22.3. The number of oxime groups is 3. The van der Waals surface area contributed by atoms with E-state index in [1.54, 1.807) is 57.7 Å². The molecule has 0 saturated carbocycles. The number of rotatable bonds is 18. The minimum atomic E-state index is -0.341. The second-order valence-corrected chi connectivity index (χ2v) is 22.7. The van der Waals surface area contributed by atoms with Gasteiger partial charge in [-0.1, -0.05) is 51.9 Å². The van der Waals surface area contributed by atoms with Crippen LogP contribution in [0.25, 0.3) is 33.8 Å². The van der Waals surface area contributed by atoms with Gasteiger partial charge in [-0.15, -0.1) is 0 Å². The predicted molar refractivity (Wildman–Crippen MR) is 360 cm³/mol. The quantitative estimate of drug-likeness (QED) is 0.0344. The Hall–Kier alpha value is -10.8. The van der Waals surface area contributed by atoms with Crippen molar-refractivity contribution in [3.8, 4) is 51.4 Å². The Balaban J connectivity index is 0.000000157. The van der Waals surface area contributed by atoms with Gasteiger partial charge in [0.15, 0.2) is 0 Å². The third-order valence-electron chi connectivity index (χ3n) is 16.2. The van der Waals surface area contributed by atoms with Crippen molar-refractivity contribution in [3.05, 3.63) is 194 Å². The summed E-state index contributed by atoms with van der Waals surface area (Å²) >= 11 is 0. The fourth-order valence-corrected chi connectivity index (χ4v) is 12.3. The first-order chi connectivity index (χ1) is 46.5. The molecule has 0 amide bonds. The molecule has 0 aliphatic heterocycles. The summed E-state index contributed by atoms with van der Waals surface area (Å²) in [5, 5.41) is 13.0. The van der Waals surface area contributed by atoms with Crippen LogP contribution in [0.2, 0.25) is 0 Å². The van der Waals surface area contributed by atoms with Crippen molar-refractivity contribution >= 4 is 35.0 Å². The Labute approximate surface area is 552 Å². The second-order valence-electron chi connectivity index (χ2n) is 22.7. The summed E-state index contributed by atoms with van der Waals surface area (Å²) in [6.45, 7) is 7.59. The molecule has 3 aliphatic rings. The normalized spacial score (nSPS) is 16.6. The van der Waals surface area contributed by atoms with Crippen molar-refractivity contribution in [2.45, 2.75) is 77.0 Å². The summed E-state index contributed by atoms with van der Waals surface area (Å²) in [7, 11) is 4.65. The second kappa shape index (κ2) is 31.4. The zero-order valence-corrected chi connectivity index (χ0v) is 54.0. The van der Waals surface area contributed by atoms with Gasteiger partial charge >= 0.3 is 0 Å². The molecule has 6 aromatic heterocycles. The highest BCUT2D eigenvalue weighted by Gasteiger charge is 2.34. The van der Waals surface area contributed by atoms with Gasteiger partial charge in [0.05, 0.1) is 89.7 Å². The van der Waals surface area contributed by atoms with Crippen LogP contribution in [-0.4, -0.2) is 123 Å². The number of hydrogen-bond acceptors (Lipinski definition) is 24. The number of ether oxygens (including phenoxy) is 3. The van der Waals surface area contributed by atoms with E-state index in [0.29, 0.717) is 129 Å². The third kappa shape index (κ3) is 16.1. The molecule has 0 bridgehead atoms. The third-order valence-corrected chi connectivity index (χ3v) is 16.2. The minimum absolute atomic E-state index is 0.0416. The lowest BCUT2D eigenvalue weighted by Gasteiger charge is -2.27. The number of nitrogen functional groups attached to an aromatic ring is 3. The average Bonchev–Trinajstić information content (AvgIpc) is 0.784. The number of nitrogens with two attached hydrogens (primary N) is 6. The van der Waals surface area contributed by atoms with Gasteiger partial charge in [0.2, 0.25) is 35.5 Å². The van der Waals surface area contributed by atoms with Gasteiger partial charge in [-0.05, 0) is 129 Å². The number of fused-ring (bicyclic) bond motifs is 3. The molecule has 0 fully saturated rings. The molecule has 9 aromatic rings. The fraction of sp³-hybridized carbons (Fsp3) is 0.304. The Bertz CT molecular complexity index is 3940. The predicted octanol–water partition coefficient (Wildman–Crippen LogP) is 8.96. The molecule has 0 radical (unpaired) electrons. The molecule has 12 N–H and O–H groups in total. The number of pyridine rings is 3. The molecule has 6 heterocycles. The van der Waals surface area contributed by atoms with E-state index in [0.717, 1.165) is 84.7 Å². The summed E-state index contributed by atoms with van der Waals surface area (Å²) in [5.74, 6) is 0.848. The zero-order chi connectivity index (χ0) is 68.0. The smallest absolute Gasteiger partial charge is 0.220 e. The van der Waals surface area contributed by atoms with Crippen LogP contribution < -0.4 is 48.6 Å². The number of anilines is 3. The molecular formula is C69H75F3N18O6. The molecule has 3 aromatic carbocycles. The molecule has 3 aliphatic carbocycles. The van der Waals surface area contributed by atoms with Crippen LogP contribution in [0, 0.1) is 38.2 Å². The maximum atomic E-state index is 14.3. The molecular weight excluding hydrogens is 1230 g/mol. The lowest BCUT2D eigenvalue weighted by atomic mass is 9.79. The molecule has 12 rings (SSSR count). The van der Waals surface area contributed by atoms with Crippen LogP contribution in [0.15, 0.2) is 125 Å². The van der Waals surface area contributed by atoms with Gasteiger partial charge in [-0.2, -0.15) is 0 Å². The van der Waals surface area contributed by atoms with Gasteiger partial charge in [0, 0.05) is 90.5 Å². The molecule has 1 unspecified atom stereocenters. The average molecular weight is 1310 g/mol. The first kappa shape index (κ1) is 68.1. The van der Waals surface area contributed by atoms with Crippen molar-refractivity contribution in [2.24, 2.45) is 32.7 Å². The van der Waals surface area contributed by atoms with Gasteiger partial charge in [0.1, 0.15) is 37.3 Å². The highest BCUT2D eigenvalue weighted by molar-refractivity contribution is 6.05. The molecule has 96 heavy (non-hydrogen) atoms. The first-order valence-corrected chi connectivity index (χ1v) is 31.0. The lowest BCUT2D eigenvalue weighted by molar-refractivity contribution is 0.151. The van der Waals surface area contributed by atoms with Crippen LogP contribution >= 0.6 is 0 Å². The molecule has 24 nitrogen and oxygen atoms in total. The van der Waals surface area contributed by atoms with E-state index in [4.69, 9.17) is 63.1 Å². The van der Waals surface area contributed by atoms with Crippen molar-refractivity contribution in [3.63, 3.8) is 0 Å². The lowest BCUT2D eigenvalue weighted by Crippen LogP contribution is -2.24. The number of nitrogens with zero attached hydrogens (tertiary/aromatic N) is 12. The van der Waals surface area contributed by atoms with Crippen LogP contribution in [0.5, 0.6) is 17.6 Å². The van der Waals surface area contributed by atoms with E-state index >= 15 is 0 Å². The van der Waals surface area contributed by atoms with E-state index in [1.165, 1.54) is 36.4 Å². The number of methoxy groups -OCH3 is 3. The fourth-order valence-electron chi connectivity index (χ4n) is 12.3. The van der Waals surface area contributed by atoms with E-state index < -0.39 is 0 Å². The van der Waals surface area contributed by atoms with Crippen molar-refractivity contribution < 1.29 is 41.9 Å². The van der Waals surface area contributed by atoms with Crippen LogP contribution in [0.1, 0.15) is 105 Å². The standard InChI is InChI=1S/3C23H25FN6O2/c3*1-13-22-19(29-23(26)27-13)10-14(11-20(22)30-32-9-8-25)16-7-6-15(24)12-17(16)18-4-3-5-21(28-18)31-2/h3*3-7,12,14H,8-11,25H2,1-2H3,(H2,26,27,29)/b3*30-20+/t2*14-;/m10./s1. The topological polar surface area (TPSA) is 365 Å². The zero-order valence-electron chi connectivity index (χ0n) is 54.0. The Morgan fingerprint density at radius 2 is 0.667 bits per heavy atom. The van der Waals surface area contributed by atoms with Gasteiger partial charge in [-0.25, -0.2) is 58.0 Å². The maximum Gasteiger partial charge on any atom is 0.220 e. The monoisotopic (exact) mass is 1310 g/mol. The van der Waals surface area contributed by atoms with Gasteiger partial charge < -0.3 is 63.1 Å². The number of halogens is 3. The van der Waals surface area contributed by atoms with Crippen molar-refractivity contribution in [1.29, 1.82) is 0 Å². The molecule has 0 saturated heterocycles. The summed E-state index contributed by atoms with van der Waals surface area (Å²) in [6, 6.07) is 30.5. The molecule has 3 atom stereocenters.